The van der Waals surface area contributed by atoms with E-state index < -0.39 is 11.4 Å². The van der Waals surface area contributed by atoms with Gasteiger partial charge in [0.05, 0.1) is 5.41 Å². The van der Waals surface area contributed by atoms with Gasteiger partial charge >= 0.3 is 5.97 Å². The summed E-state index contributed by atoms with van der Waals surface area (Å²) in [6.45, 7) is 11.4. The maximum absolute atomic E-state index is 12.4. The SMILES string of the molecule is CCCC1(C(=O)O)CCN(C(=O)CC(C)C(C)(C)C)C1. The van der Waals surface area contributed by atoms with Crippen LogP contribution in [0.4, 0.5) is 0 Å². The van der Waals surface area contributed by atoms with Crippen molar-refractivity contribution < 1.29 is 14.7 Å². The third-order valence-electron chi connectivity index (χ3n) is 4.85. The highest BCUT2D eigenvalue weighted by atomic mass is 16.4. The van der Waals surface area contributed by atoms with E-state index in [1.807, 2.05) is 6.92 Å². The first kappa shape index (κ1) is 17.0. The van der Waals surface area contributed by atoms with Crippen LogP contribution in [-0.2, 0) is 9.59 Å². The van der Waals surface area contributed by atoms with E-state index >= 15 is 0 Å². The zero-order valence-corrected chi connectivity index (χ0v) is 13.5. The van der Waals surface area contributed by atoms with E-state index in [0.29, 0.717) is 38.3 Å². The molecule has 0 aliphatic carbocycles. The molecule has 0 radical (unpaired) electrons. The Bertz CT molecular complexity index is 372. The van der Waals surface area contributed by atoms with Crippen LogP contribution in [0.25, 0.3) is 0 Å². The summed E-state index contributed by atoms with van der Waals surface area (Å²) in [5.41, 5.74) is -0.613. The third kappa shape index (κ3) is 3.74. The Kier molecular flexibility index (Phi) is 5.22. The lowest BCUT2D eigenvalue weighted by molar-refractivity contribution is -0.149. The maximum Gasteiger partial charge on any atom is 0.311 e. The van der Waals surface area contributed by atoms with Gasteiger partial charge in [0, 0.05) is 19.5 Å². The molecule has 0 bridgehead atoms. The van der Waals surface area contributed by atoms with E-state index in [-0.39, 0.29) is 11.3 Å². The van der Waals surface area contributed by atoms with Crippen LogP contribution < -0.4 is 0 Å². The number of rotatable bonds is 5. The minimum absolute atomic E-state index is 0.0999. The predicted molar refractivity (Wildman–Crippen MR) is 79.4 cm³/mol. The molecule has 4 heteroatoms. The summed E-state index contributed by atoms with van der Waals surface area (Å²) in [6, 6.07) is 0. The molecule has 1 heterocycles. The first-order valence-electron chi connectivity index (χ1n) is 7.63. The summed E-state index contributed by atoms with van der Waals surface area (Å²) in [4.78, 5) is 25.6. The summed E-state index contributed by atoms with van der Waals surface area (Å²) in [6.07, 6.45) is 2.59. The average Bonchev–Trinajstić information content (AvgIpc) is 2.74. The van der Waals surface area contributed by atoms with Crippen molar-refractivity contribution in [1.29, 1.82) is 0 Å². The Morgan fingerprint density at radius 2 is 1.95 bits per heavy atom. The number of amides is 1. The molecular weight excluding hydrogens is 254 g/mol. The van der Waals surface area contributed by atoms with Gasteiger partial charge in [-0.1, -0.05) is 41.0 Å². The quantitative estimate of drug-likeness (QED) is 0.843. The summed E-state index contributed by atoms with van der Waals surface area (Å²) in [5.74, 6) is -0.355. The zero-order valence-electron chi connectivity index (χ0n) is 13.5. The molecule has 0 spiro atoms. The molecule has 1 aliphatic heterocycles. The van der Waals surface area contributed by atoms with Gasteiger partial charge in [-0.2, -0.15) is 0 Å². The van der Waals surface area contributed by atoms with Crippen molar-refractivity contribution in [3.8, 4) is 0 Å². The fraction of sp³-hybridized carbons (Fsp3) is 0.875. The van der Waals surface area contributed by atoms with Crippen LogP contribution in [0.5, 0.6) is 0 Å². The van der Waals surface area contributed by atoms with Crippen molar-refractivity contribution in [2.75, 3.05) is 13.1 Å². The Balaban J connectivity index is 2.67. The highest BCUT2D eigenvalue weighted by Crippen LogP contribution is 2.37. The molecule has 1 aliphatic rings. The Morgan fingerprint density at radius 3 is 2.40 bits per heavy atom. The van der Waals surface area contributed by atoms with Gasteiger partial charge in [0.1, 0.15) is 0 Å². The van der Waals surface area contributed by atoms with Crippen molar-refractivity contribution >= 4 is 11.9 Å². The van der Waals surface area contributed by atoms with Gasteiger partial charge in [-0.15, -0.1) is 0 Å². The average molecular weight is 283 g/mol. The van der Waals surface area contributed by atoms with E-state index in [0.717, 1.165) is 6.42 Å². The second-order valence-corrected chi connectivity index (χ2v) is 7.37. The third-order valence-corrected chi connectivity index (χ3v) is 4.85. The predicted octanol–water partition coefficient (Wildman–Crippen LogP) is 3.16. The molecule has 0 aromatic rings. The molecule has 116 valence electrons. The molecule has 1 N–H and O–H groups in total. The largest absolute Gasteiger partial charge is 0.481 e. The van der Waals surface area contributed by atoms with Crippen LogP contribution in [0.15, 0.2) is 0 Å². The van der Waals surface area contributed by atoms with Crippen LogP contribution in [-0.4, -0.2) is 35.0 Å². The highest BCUT2D eigenvalue weighted by Gasteiger charge is 2.45. The second kappa shape index (κ2) is 6.15. The lowest BCUT2D eigenvalue weighted by atomic mass is 9.80. The van der Waals surface area contributed by atoms with Crippen LogP contribution in [0.1, 0.15) is 60.3 Å². The van der Waals surface area contributed by atoms with Gasteiger partial charge < -0.3 is 10.0 Å². The van der Waals surface area contributed by atoms with Crippen LogP contribution >= 0.6 is 0 Å². The Hall–Kier alpha value is -1.06. The minimum atomic E-state index is -0.751. The van der Waals surface area contributed by atoms with Crippen molar-refractivity contribution in [3.63, 3.8) is 0 Å². The molecule has 20 heavy (non-hydrogen) atoms. The number of aliphatic carboxylic acids is 1. The molecule has 4 nitrogen and oxygen atoms in total. The lowest BCUT2D eigenvalue weighted by Gasteiger charge is -2.29. The standard InChI is InChI=1S/C16H29NO3/c1-6-7-16(14(19)20)8-9-17(11-16)13(18)10-12(2)15(3,4)5/h12H,6-11H2,1-5H3,(H,19,20). The van der Waals surface area contributed by atoms with Gasteiger partial charge in [0.25, 0.3) is 0 Å². The Labute approximate surface area is 122 Å². The number of carboxylic acids is 1. The first-order valence-corrected chi connectivity index (χ1v) is 7.63. The normalized spacial score (nSPS) is 24.8. The van der Waals surface area contributed by atoms with Gasteiger partial charge in [-0.05, 0) is 24.2 Å². The van der Waals surface area contributed by atoms with Crippen LogP contribution in [0, 0.1) is 16.7 Å². The summed E-state index contributed by atoms with van der Waals surface area (Å²) in [5, 5.41) is 9.47. The van der Waals surface area contributed by atoms with E-state index in [4.69, 9.17) is 0 Å². The molecule has 1 amide bonds. The van der Waals surface area contributed by atoms with E-state index in [1.165, 1.54) is 0 Å². The molecule has 0 aromatic heterocycles. The van der Waals surface area contributed by atoms with Crippen molar-refractivity contribution in [2.45, 2.75) is 60.3 Å². The van der Waals surface area contributed by atoms with Crippen LogP contribution in [0.2, 0.25) is 0 Å². The molecular formula is C16H29NO3. The maximum atomic E-state index is 12.4. The minimum Gasteiger partial charge on any atom is -0.481 e. The molecule has 1 fully saturated rings. The smallest absolute Gasteiger partial charge is 0.311 e. The summed E-state index contributed by atoms with van der Waals surface area (Å²) in [7, 11) is 0. The van der Waals surface area contributed by atoms with Crippen LogP contribution in [0.3, 0.4) is 0 Å². The Morgan fingerprint density at radius 1 is 1.35 bits per heavy atom. The number of likely N-dealkylation sites (tertiary alicyclic amines) is 1. The number of carboxylic acid groups (broad SMARTS) is 1. The fourth-order valence-electron chi connectivity index (χ4n) is 2.75. The van der Waals surface area contributed by atoms with E-state index in [2.05, 4.69) is 27.7 Å². The van der Waals surface area contributed by atoms with E-state index in [1.54, 1.807) is 4.90 Å². The molecule has 0 saturated carbocycles. The number of nitrogens with zero attached hydrogens (tertiary/aromatic N) is 1. The fourth-order valence-corrected chi connectivity index (χ4v) is 2.75. The van der Waals surface area contributed by atoms with Gasteiger partial charge in [-0.25, -0.2) is 0 Å². The second-order valence-electron chi connectivity index (χ2n) is 7.37. The van der Waals surface area contributed by atoms with Gasteiger partial charge in [-0.3, -0.25) is 9.59 Å². The van der Waals surface area contributed by atoms with Crippen molar-refractivity contribution in [3.05, 3.63) is 0 Å². The monoisotopic (exact) mass is 283 g/mol. The first-order chi connectivity index (χ1) is 9.12. The summed E-state index contributed by atoms with van der Waals surface area (Å²) >= 11 is 0. The molecule has 0 aromatic carbocycles. The van der Waals surface area contributed by atoms with E-state index in [9.17, 15) is 14.7 Å². The molecule has 1 rings (SSSR count). The van der Waals surface area contributed by atoms with Gasteiger partial charge in [0.15, 0.2) is 0 Å². The van der Waals surface area contributed by atoms with Gasteiger partial charge in [0.2, 0.25) is 5.91 Å². The zero-order chi connectivity index (χ0) is 15.6. The molecule has 1 saturated heterocycles. The summed E-state index contributed by atoms with van der Waals surface area (Å²) < 4.78 is 0. The number of carbonyl (C=O) groups is 2. The van der Waals surface area contributed by atoms with Crippen molar-refractivity contribution in [2.24, 2.45) is 16.7 Å². The van der Waals surface area contributed by atoms with Crippen molar-refractivity contribution in [1.82, 2.24) is 4.90 Å². The number of carbonyl (C=O) groups excluding carboxylic acids is 1. The molecule has 2 atom stereocenters. The highest BCUT2D eigenvalue weighted by molar-refractivity contribution is 5.80. The molecule has 2 unspecified atom stereocenters. The number of hydrogen-bond acceptors (Lipinski definition) is 2. The number of hydrogen-bond donors (Lipinski definition) is 1. The lowest BCUT2D eigenvalue weighted by Crippen LogP contribution is -2.38. The topological polar surface area (TPSA) is 57.6 Å².